The maximum atomic E-state index is 12.1. The number of amides is 1. The number of hydrogen-bond acceptors (Lipinski definition) is 8. The van der Waals surface area contributed by atoms with Crippen molar-refractivity contribution in [3.8, 4) is 0 Å². The molecule has 15 heteroatoms. The molecule has 1 aliphatic heterocycles. The van der Waals surface area contributed by atoms with E-state index < -0.39 is 50.3 Å². The number of nitrogens with two attached hydrogens (primary N) is 1. The molecule has 0 aromatic carbocycles. The molecular formula is C14H20F3N4O7P. The molecule has 2 rings (SSSR count). The molecule has 0 saturated carbocycles. The lowest BCUT2D eigenvalue weighted by Crippen LogP contribution is -2.37. The highest BCUT2D eigenvalue weighted by Gasteiger charge is 2.38. The van der Waals surface area contributed by atoms with Crippen molar-refractivity contribution < 1.29 is 37.2 Å². The van der Waals surface area contributed by atoms with Crippen molar-refractivity contribution in [3.05, 3.63) is 32.6 Å². The minimum atomic E-state index is -4.99. The Morgan fingerprint density at radius 3 is 2.79 bits per heavy atom. The topological polar surface area (TPSA) is 169 Å². The van der Waals surface area contributed by atoms with E-state index in [1.807, 2.05) is 0 Å². The Morgan fingerprint density at radius 1 is 1.48 bits per heavy atom. The van der Waals surface area contributed by atoms with Crippen molar-refractivity contribution in [2.24, 2.45) is 5.50 Å². The number of aromatic nitrogens is 2. The van der Waals surface area contributed by atoms with Gasteiger partial charge < -0.3 is 24.6 Å². The summed E-state index contributed by atoms with van der Waals surface area (Å²) in [6, 6.07) is 0. The van der Waals surface area contributed by atoms with Gasteiger partial charge in [-0.25, -0.2) is 4.79 Å². The van der Waals surface area contributed by atoms with Gasteiger partial charge in [-0.05, 0) is 12.8 Å². The first-order valence-electron chi connectivity index (χ1n) is 8.38. The first-order valence-corrected chi connectivity index (χ1v) is 9.66. The van der Waals surface area contributed by atoms with E-state index in [1.165, 1.54) is 6.20 Å². The number of carbonyl (C=O) groups is 1. The third kappa shape index (κ3) is 6.59. The van der Waals surface area contributed by atoms with Gasteiger partial charge in [0.25, 0.3) is 5.56 Å². The minimum Gasteiger partial charge on any atom is -0.390 e. The predicted octanol–water partition coefficient (Wildman–Crippen LogP) is -1.01. The molecule has 1 saturated heterocycles. The lowest BCUT2D eigenvalue weighted by atomic mass is 10.1. The average molecular weight is 444 g/mol. The molecule has 1 aliphatic rings. The molecule has 1 fully saturated rings. The number of aryl methyl sites for hydroxylation is 1. The third-order valence-corrected chi connectivity index (χ3v) is 4.51. The van der Waals surface area contributed by atoms with E-state index in [2.05, 4.69) is 4.98 Å². The van der Waals surface area contributed by atoms with Gasteiger partial charge >= 0.3 is 17.8 Å². The van der Waals surface area contributed by atoms with E-state index in [0.717, 1.165) is 4.57 Å². The van der Waals surface area contributed by atoms with Crippen molar-refractivity contribution in [3.63, 3.8) is 0 Å². The quantitative estimate of drug-likeness (QED) is 0.251. The highest BCUT2D eigenvalue weighted by atomic mass is 31.2. The van der Waals surface area contributed by atoms with Crippen molar-refractivity contribution >= 4 is 14.4 Å². The maximum absolute atomic E-state index is 12.1. The second kappa shape index (κ2) is 9.78. The number of H-pyrrole nitrogens is 1. The van der Waals surface area contributed by atoms with E-state index in [1.54, 1.807) is 5.32 Å². The zero-order valence-electron chi connectivity index (χ0n) is 14.9. The van der Waals surface area contributed by atoms with Crippen LogP contribution in [-0.2, 0) is 20.5 Å². The Kier molecular flexibility index (Phi) is 7.91. The van der Waals surface area contributed by atoms with Crippen molar-refractivity contribution in [1.82, 2.24) is 14.9 Å². The molecule has 0 aliphatic carbocycles. The smallest absolute Gasteiger partial charge is 0.390 e. The van der Waals surface area contributed by atoms with Crippen LogP contribution in [0.2, 0.25) is 0 Å². The first kappa shape index (κ1) is 23.4. The van der Waals surface area contributed by atoms with Crippen molar-refractivity contribution in [2.75, 3.05) is 13.2 Å². The average Bonchev–Trinajstić information content (AvgIpc) is 2.97. The normalized spacial score (nSPS) is 23.2. The SMILES string of the molecule is NP(O)OC[C@H]1O[C@@H](n2cc(CCCNC(=O)C(F)(F)F)c(=O)[nH]c2=O)C[C@@H]1O. The Balaban J connectivity index is 2.01. The molecule has 0 bridgehead atoms. The molecule has 6 N–H and O–H groups in total. The lowest BCUT2D eigenvalue weighted by Gasteiger charge is -2.17. The summed E-state index contributed by atoms with van der Waals surface area (Å²) < 4.78 is 47.7. The standard InChI is InChI=1S/C14H20F3N4O7P/c15-14(16,17)12(24)19-3-1-2-7-5-21(13(25)20-11(7)23)10-4-8(22)9(28-10)6-27-29(18)26/h5,8-10,22,26H,1-4,6,18H2,(H,19,24)(H,20,23,25)/t8-,9+,10+,29?/m0/s1. The molecule has 11 nitrogen and oxygen atoms in total. The monoisotopic (exact) mass is 444 g/mol. The second-order valence-electron chi connectivity index (χ2n) is 6.21. The van der Waals surface area contributed by atoms with Crippen molar-refractivity contribution in [1.29, 1.82) is 0 Å². The fourth-order valence-corrected chi connectivity index (χ4v) is 2.99. The van der Waals surface area contributed by atoms with E-state index in [4.69, 9.17) is 19.7 Å². The van der Waals surface area contributed by atoms with Crippen LogP contribution in [0.3, 0.4) is 0 Å². The van der Waals surface area contributed by atoms with Gasteiger partial charge in [-0.15, -0.1) is 0 Å². The van der Waals surface area contributed by atoms with Gasteiger partial charge in [0.05, 0.1) is 12.7 Å². The molecule has 1 amide bonds. The lowest BCUT2D eigenvalue weighted by molar-refractivity contribution is -0.173. The van der Waals surface area contributed by atoms with Gasteiger partial charge in [-0.3, -0.25) is 24.6 Å². The van der Waals surface area contributed by atoms with Crippen LogP contribution in [0.1, 0.15) is 24.6 Å². The van der Waals surface area contributed by atoms with E-state index in [0.29, 0.717) is 0 Å². The van der Waals surface area contributed by atoms with Crippen LogP contribution < -0.4 is 22.1 Å². The van der Waals surface area contributed by atoms with Crippen molar-refractivity contribution in [2.45, 2.75) is 43.9 Å². The summed E-state index contributed by atoms with van der Waals surface area (Å²) >= 11 is 0. The minimum absolute atomic E-state index is 0.00498. The van der Waals surface area contributed by atoms with Gasteiger partial charge in [0.15, 0.2) is 0 Å². The molecule has 1 unspecified atom stereocenters. The number of alkyl halides is 3. The zero-order valence-corrected chi connectivity index (χ0v) is 15.8. The van der Waals surface area contributed by atoms with E-state index >= 15 is 0 Å². The number of rotatable bonds is 8. The fraction of sp³-hybridized carbons (Fsp3) is 0.643. The van der Waals surface area contributed by atoms with Crippen LogP contribution >= 0.6 is 8.53 Å². The highest BCUT2D eigenvalue weighted by molar-refractivity contribution is 7.43. The molecule has 1 aromatic heterocycles. The van der Waals surface area contributed by atoms with Crippen LogP contribution in [0.25, 0.3) is 0 Å². The number of ether oxygens (including phenoxy) is 1. The third-order valence-electron chi connectivity index (χ3n) is 4.09. The zero-order chi connectivity index (χ0) is 21.8. The van der Waals surface area contributed by atoms with Gasteiger partial charge in [0, 0.05) is 24.7 Å². The Hall–Kier alpha value is -1.83. The summed E-state index contributed by atoms with van der Waals surface area (Å²) in [4.78, 5) is 45.8. The largest absolute Gasteiger partial charge is 0.471 e. The summed E-state index contributed by atoms with van der Waals surface area (Å²) in [6.45, 7) is -0.529. The highest BCUT2D eigenvalue weighted by Crippen LogP contribution is 2.30. The Bertz CT molecular complexity index is 829. The van der Waals surface area contributed by atoms with Crippen LogP contribution in [-0.4, -0.2) is 57.0 Å². The van der Waals surface area contributed by atoms with Gasteiger partial charge in [0.2, 0.25) is 8.53 Å². The molecule has 2 heterocycles. The number of aromatic amines is 1. The predicted molar refractivity (Wildman–Crippen MR) is 92.5 cm³/mol. The number of hydrogen-bond donors (Lipinski definition) is 5. The van der Waals surface area contributed by atoms with Crippen LogP contribution in [0.15, 0.2) is 15.8 Å². The van der Waals surface area contributed by atoms with Gasteiger partial charge in [-0.2, -0.15) is 13.2 Å². The number of nitrogens with one attached hydrogen (secondary N) is 2. The van der Waals surface area contributed by atoms with E-state index in [9.17, 15) is 32.7 Å². The summed E-state index contributed by atoms with van der Waals surface area (Å²) in [6.07, 6.45) is -6.62. The van der Waals surface area contributed by atoms with Gasteiger partial charge in [-0.1, -0.05) is 0 Å². The number of carbonyl (C=O) groups excluding carboxylic acids is 1. The van der Waals surface area contributed by atoms with Crippen LogP contribution in [0.4, 0.5) is 13.2 Å². The first-order chi connectivity index (χ1) is 13.5. The summed E-state index contributed by atoms with van der Waals surface area (Å²) in [5.41, 5.74) is 3.67. The maximum Gasteiger partial charge on any atom is 0.471 e. The molecule has 1 aromatic rings. The fourth-order valence-electron chi connectivity index (χ4n) is 2.69. The van der Waals surface area contributed by atoms with Gasteiger partial charge in [0.1, 0.15) is 12.3 Å². The molecule has 29 heavy (non-hydrogen) atoms. The van der Waals surface area contributed by atoms with Crippen LogP contribution in [0.5, 0.6) is 0 Å². The Labute approximate surface area is 162 Å². The number of nitrogens with zero attached hydrogens (tertiary/aromatic N) is 1. The molecule has 164 valence electrons. The molecule has 4 atom stereocenters. The van der Waals surface area contributed by atoms with Crippen LogP contribution in [0, 0.1) is 0 Å². The Morgan fingerprint density at radius 2 is 2.17 bits per heavy atom. The number of halogens is 3. The number of aliphatic hydroxyl groups is 1. The molecular weight excluding hydrogens is 424 g/mol. The van der Waals surface area contributed by atoms with E-state index in [-0.39, 0.29) is 38.0 Å². The second-order valence-corrected chi connectivity index (χ2v) is 7.07. The summed E-state index contributed by atoms with van der Waals surface area (Å²) in [7, 11) is -2.15. The molecule has 0 radical (unpaired) electrons. The summed E-state index contributed by atoms with van der Waals surface area (Å²) in [5, 5.41) is 11.7. The number of aliphatic hydroxyl groups excluding tert-OH is 1. The summed E-state index contributed by atoms with van der Waals surface area (Å²) in [5.74, 6) is -2.08. The molecule has 0 spiro atoms.